The van der Waals surface area contributed by atoms with Gasteiger partial charge in [-0.2, -0.15) is 10.4 Å². The molecule has 1 saturated heterocycles. The molecule has 1 unspecified atom stereocenters. The third kappa shape index (κ3) is 4.97. The monoisotopic (exact) mass is 430 g/mol. The highest BCUT2D eigenvalue weighted by molar-refractivity contribution is 5.76. The normalized spacial score (nSPS) is 16.7. The SMILES string of the molecule is Cc1nc2c(C#N)cnn2c(C)c1CCC(=O)NCC1CCCN(Cc2ccccc2)C1. The molecule has 1 N–H and O–H groups in total. The van der Waals surface area contributed by atoms with Gasteiger partial charge in [0, 0.05) is 37.4 Å². The Labute approximate surface area is 189 Å². The molecule has 3 heterocycles. The number of rotatable bonds is 7. The van der Waals surface area contributed by atoms with E-state index in [1.165, 1.54) is 18.2 Å². The predicted octanol–water partition coefficient (Wildman–Crippen LogP) is 3.18. The van der Waals surface area contributed by atoms with Gasteiger partial charge in [-0.25, -0.2) is 9.50 Å². The largest absolute Gasteiger partial charge is 0.356 e. The number of fused-ring (bicyclic) bond motifs is 1. The first kappa shape index (κ1) is 22.0. The van der Waals surface area contributed by atoms with E-state index in [0.29, 0.717) is 30.0 Å². The van der Waals surface area contributed by atoms with Crippen LogP contribution in [0.3, 0.4) is 0 Å². The van der Waals surface area contributed by atoms with Crippen LogP contribution in [0.4, 0.5) is 0 Å². The van der Waals surface area contributed by atoms with Gasteiger partial charge >= 0.3 is 0 Å². The van der Waals surface area contributed by atoms with Crippen LogP contribution in [0.25, 0.3) is 5.65 Å². The zero-order valence-electron chi connectivity index (χ0n) is 18.8. The molecule has 7 nitrogen and oxygen atoms in total. The first-order valence-corrected chi connectivity index (χ1v) is 11.3. The van der Waals surface area contributed by atoms with E-state index in [-0.39, 0.29) is 5.91 Å². The van der Waals surface area contributed by atoms with Gasteiger partial charge in [-0.1, -0.05) is 30.3 Å². The van der Waals surface area contributed by atoms with E-state index >= 15 is 0 Å². The lowest BCUT2D eigenvalue weighted by atomic mass is 9.97. The van der Waals surface area contributed by atoms with Crippen LogP contribution < -0.4 is 5.32 Å². The summed E-state index contributed by atoms with van der Waals surface area (Å²) in [5.41, 5.74) is 5.19. The van der Waals surface area contributed by atoms with Gasteiger partial charge in [0.05, 0.1) is 6.20 Å². The number of likely N-dealkylation sites (tertiary alicyclic amines) is 1. The minimum absolute atomic E-state index is 0.0715. The second-order valence-corrected chi connectivity index (χ2v) is 8.70. The fraction of sp³-hybridized carbons (Fsp3) is 0.440. The van der Waals surface area contributed by atoms with Crippen LogP contribution >= 0.6 is 0 Å². The second-order valence-electron chi connectivity index (χ2n) is 8.70. The maximum absolute atomic E-state index is 12.6. The molecule has 0 saturated carbocycles. The Kier molecular flexibility index (Phi) is 6.81. The Hall–Kier alpha value is -3.24. The molecule has 0 radical (unpaired) electrons. The Bertz CT molecular complexity index is 1130. The predicted molar refractivity (Wildman–Crippen MR) is 123 cm³/mol. The number of nitrogens with one attached hydrogen (secondary N) is 1. The highest BCUT2D eigenvalue weighted by Gasteiger charge is 2.21. The quantitative estimate of drug-likeness (QED) is 0.622. The van der Waals surface area contributed by atoms with E-state index < -0.39 is 0 Å². The summed E-state index contributed by atoms with van der Waals surface area (Å²) in [6, 6.07) is 12.7. The van der Waals surface area contributed by atoms with Crippen molar-refractivity contribution in [3.05, 3.63) is 64.6 Å². The molecule has 0 spiro atoms. The molecule has 1 fully saturated rings. The lowest BCUT2D eigenvalue weighted by Gasteiger charge is -2.32. The highest BCUT2D eigenvalue weighted by Crippen LogP contribution is 2.20. The van der Waals surface area contributed by atoms with Crippen LogP contribution in [0.1, 0.15) is 47.3 Å². The van der Waals surface area contributed by atoms with Gasteiger partial charge in [0.2, 0.25) is 5.91 Å². The summed E-state index contributed by atoms with van der Waals surface area (Å²) in [6.07, 6.45) is 4.90. The Morgan fingerprint density at radius 1 is 1.28 bits per heavy atom. The first-order chi connectivity index (χ1) is 15.5. The molecule has 166 valence electrons. The van der Waals surface area contributed by atoms with Gasteiger partial charge in [0.25, 0.3) is 0 Å². The van der Waals surface area contributed by atoms with E-state index in [1.807, 2.05) is 19.9 Å². The fourth-order valence-corrected chi connectivity index (χ4v) is 4.64. The lowest BCUT2D eigenvalue weighted by molar-refractivity contribution is -0.121. The Morgan fingerprint density at radius 2 is 2.09 bits per heavy atom. The number of aryl methyl sites for hydroxylation is 2. The van der Waals surface area contributed by atoms with Crippen molar-refractivity contribution in [1.82, 2.24) is 24.8 Å². The van der Waals surface area contributed by atoms with Gasteiger partial charge in [-0.15, -0.1) is 0 Å². The standard InChI is InChI=1S/C25H30N6O/c1-18-23(19(2)31-25(29-18)22(13-26)15-28-31)10-11-24(32)27-14-21-9-6-12-30(17-21)16-20-7-4-3-5-8-20/h3-5,7-8,15,21H,6,9-12,14,16-17H2,1-2H3,(H,27,32). The third-order valence-electron chi connectivity index (χ3n) is 6.37. The number of carbonyl (C=O) groups excluding carboxylic acids is 1. The van der Waals surface area contributed by atoms with Gasteiger partial charge in [-0.05, 0) is 56.7 Å². The van der Waals surface area contributed by atoms with Crippen molar-refractivity contribution < 1.29 is 4.79 Å². The summed E-state index contributed by atoms with van der Waals surface area (Å²) >= 11 is 0. The molecule has 4 rings (SSSR count). The van der Waals surface area contributed by atoms with Gasteiger partial charge in [0.1, 0.15) is 11.6 Å². The van der Waals surface area contributed by atoms with Crippen LogP contribution in [-0.4, -0.2) is 45.0 Å². The van der Waals surface area contributed by atoms with Crippen LogP contribution in [0.2, 0.25) is 0 Å². The lowest BCUT2D eigenvalue weighted by Crippen LogP contribution is -2.40. The molecule has 1 atom stereocenters. The number of nitriles is 1. The number of hydrogen-bond acceptors (Lipinski definition) is 5. The molecule has 3 aromatic rings. The molecule has 1 aliphatic heterocycles. The number of piperidine rings is 1. The summed E-state index contributed by atoms with van der Waals surface area (Å²) in [7, 11) is 0. The van der Waals surface area contributed by atoms with Crippen LogP contribution in [-0.2, 0) is 17.8 Å². The van der Waals surface area contributed by atoms with E-state index in [1.54, 1.807) is 4.52 Å². The molecule has 0 aliphatic carbocycles. The average Bonchev–Trinajstić information content (AvgIpc) is 3.21. The molecule has 0 bridgehead atoms. The zero-order valence-corrected chi connectivity index (χ0v) is 18.8. The summed E-state index contributed by atoms with van der Waals surface area (Å²) in [4.78, 5) is 19.6. The number of hydrogen-bond donors (Lipinski definition) is 1. The van der Waals surface area contributed by atoms with Crippen molar-refractivity contribution in [2.24, 2.45) is 5.92 Å². The van der Waals surface area contributed by atoms with Crippen molar-refractivity contribution in [3.63, 3.8) is 0 Å². The molecule has 2 aromatic heterocycles. The molecular formula is C25H30N6O. The van der Waals surface area contributed by atoms with Crippen molar-refractivity contribution in [2.45, 2.75) is 46.1 Å². The van der Waals surface area contributed by atoms with Crippen LogP contribution in [0, 0.1) is 31.1 Å². The minimum Gasteiger partial charge on any atom is -0.356 e. The van der Waals surface area contributed by atoms with Crippen molar-refractivity contribution in [3.8, 4) is 6.07 Å². The maximum atomic E-state index is 12.6. The van der Waals surface area contributed by atoms with Crippen molar-refractivity contribution in [2.75, 3.05) is 19.6 Å². The maximum Gasteiger partial charge on any atom is 0.220 e. The summed E-state index contributed by atoms with van der Waals surface area (Å²) in [5.74, 6) is 0.564. The van der Waals surface area contributed by atoms with Crippen LogP contribution in [0.15, 0.2) is 36.5 Å². The van der Waals surface area contributed by atoms with E-state index in [9.17, 15) is 10.1 Å². The highest BCUT2D eigenvalue weighted by atomic mass is 16.1. The van der Waals surface area contributed by atoms with Gasteiger partial charge in [-0.3, -0.25) is 9.69 Å². The molecule has 7 heteroatoms. The molecule has 1 aromatic carbocycles. The van der Waals surface area contributed by atoms with E-state index in [4.69, 9.17) is 0 Å². The number of carbonyl (C=O) groups is 1. The molecule has 32 heavy (non-hydrogen) atoms. The van der Waals surface area contributed by atoms with Gasteiger partial charge in [0.15, 0.2) is 5.65 Å². The molecule has 1 amide bonds. The minimum atomic E-state index is 0.0715. The van der Waals surface area contributed by atoms with Crippen molar-refractivity contribution >= 4 is 11.6 Å². The number of nitrogens with zero attached hydrogens (tertiary/aromatic N) is 5. The van der Waals surface area contributed by atoms with Gasteiger partial charge < -0.3 is 5.32 Å². The molecular weight excluding hydrogens is 400 g/mol. The number of aromatic nitrogens is 3. The fourth-order valence-electron chi connectivity index (χ4n) is 4.64. The second kappa shape index (κ2) is 9.92. The van der Waals surface area contributed by atoms with E-state index in [0.717, 1.165) is 49.6 Å². The summed E-state index contributed by atoms with van der Waals surface area (Å²) < 4.78 is 1.70. The summed E-state index contributed by atoms with van der Waals surface area (Å²) in [5, 5.41) is 16.6. The number of benzene rings is 1. The number of amides is 1. The topological polar surface area (TPSA) is 86.3 Å². The van der Waals surface area contributed by atoms with E-state index in [2.05, 4.69) is 50.6 Å². The van der Waals surface area contributed by atoms with Crippen molar-refractivity contribution in [1.29, 1.82) is 5.26 Å². The average molecular weight is 431 g/mol. The van der Waals surface area contributed by atoms with Crippen LogP contribution in [0.5, 0.6) is 0 Å². The molecule has 1 aliphatic rings. The Balaban J connectivity index is 1.29. The zero-order chi connectivity index (χ0) is 22.5. The third-order valence-corrected chi connectivity index (χ3v) is 6.37. The first-order valence-electron chi connectivity index (χ1n) is 11.3. The summed E-state index contributed by atoms with van der Waals surface area (Å²) in [6.45, 7) is 7.73. The Morgan fingerprint density at radius 3 is 2.88 bits per heavy atom. The smallest absolute Gasteiger partial charge is 0.220 e.